The van der Waals surface area contributed by atoms with Crippen LogP contribution in [-0.2, 0) is 0 Å². The molecule has 2 aromatic rings. The van der Waals surface area contributed by atoms with Crippen molar-refractivity contribution in [1.29, 1.82) is 0 Å². The number of aliphatic hydroxyl groups excluding tert-OH is 2. The molecule has 4 heteroatoms. The van der Waals surface area contributed by atoms with Crippen LogP contribution in [0.5, 0.6) is 5.75 Å². The molecule has 0 saturated carbocycles. The minimum absolute atomic E-state index is 0.106. The lowest BCUT2D eigenvalue weighted by atomic mass is 9.97. The van der Waals surface area contributed by atoms with Crippen molar-refractivity contribution in [2.75, 3.05) is 6.61 Å². The summed E-state index contributed by atoms with van der Waals surface area (Å²) in [5.41, 5.74) is 2.59. The lowest BCUT2D eigenvalue weighted by molar-refractivity contribution is 0.213. The second-order valence-electron chi connectivity index (χ2n) is 5.46. The molecule has 2 aromatic carbocycles. The Hall–Kier alpha value is -2.43. The average molecular weight is 328 g/mol. The second-order valence-corrected chi connectivity index (χ2v) is 5.46. The van der Waals surface area contributed by atoms with Gasteiger partial charge in [-0.05, 0) is 41.7 Å². The van der Waals surface area contributed by atoms with E-state index in [0.29, 0.717) is 18.4 Å². The predicted octanol–water partition coefficient (Wildman–Crippen LogP) is 3.76. The highest BCUT2D eigenvalue weighted by molar-refractivity contribution is 5.81. The number of phenols is 1. The normalized spacial score (nSPS) is 13.4. The first-order chi connectivity index (χ1) is 11.6. The van der Waals surface area contributed by atoms with Crippen molar-refractivity contribution in [2.24, 2.45) is 0 Å². The van der Waals surface area contributed by atoms with Gasteiger partial charge in [0, 0.05) is 0 Å². The van der Waals surface area contributed by atoms with Crippen molar-refractivity contribution < 1.29 is 19.7 Å². The van der Waals surface area contributed by atoms with E-state index in [9.17, 15) is 14.6 Å². The first-order valence-electron chi connectivity index (χ1n) is 7.80. The summed E-state index contributed by atoms with van der Waals surface area (Å²) >= 11 is 0. The van der Waals surface area contributed by atoms with E-state index in [1.807, 2.05) is 36.4 Å². The van der Waals surface area contributed by atoms with Crippen molar-refractivity contribution in [3.8, 4) is 5.75 Å². The summed E-state index contributed by atoms with van der Waals surface area (Å²) in [6, 6.07) is 13.9. The third kappa shape index (κ3) is 5.33. The zero-order valence-electron chi connectivity index (χ0n) is 13.3. The highest BCUT2D eigenvalue weighted by Gasteiger charge is 2.07. The molecule has 0 aliphatic rings. The lowest BCUT2D eigenvalue weighted by Gasteiger charge is -2.11. The topological polar surface area (TPSA) is 60.7 Å². The highest BCUT2D eigenvalue weighted by Crippen LogP contribution is 2.25. The molecule has 2 rings (SSSR count). The fourth-order valence-corrected chi connectivity index (χ4v) is 2.38. The molecule has 0 radical (unpaired) electrons. The first kappa shape index (κ1) is 17.9. The average Bonchev–Trinajstić information content (AvgIpc) is 2.60. The van der Waals surface area contributed by atoms with Crippen LogP contribution in [0, 0.1) is 5.82 Å². The predicted molar refractivity (Wildman–Crippen MR) is 93.8 cm³/mol. The maximum absolute atomic E-state index is 13.5. The molecule has 3 N–H and O–H groups in total. The van der Waals surface area contributed by atoms with E-state index in [1.54, 1.807) is 12.1 Å². The van der Waals surface area contributed by atoms with Crippen LogP contribution < -0.4 is 0 Å². The van der Waals surface area contributed by atoms with E-state index in [-0.39, 0.29) is 12.4 Å². The van der Waals surface area contributed by atoms with E-state index in [4.69, 9.17) is 5.11 Å². The Kier molecular flexibility index (Phi) is 6.73. The molecule has 0 spiro atoms. The Morgan fingerprint density at radius 1 is 1.12 bits per heavy atom. The van der Waals surface area contributed by atoms with Gasteiger partial charge in [0.1, 0.15) is 0 Å². The standard InChI is InChI=1S/C20H21FO3/c21-19-14-15(8-11-20(19)24)13-17(16-5-2-1-3-6-16)9-10-18(23)7-4-12-22/h1-8,11,13-14,18,22-24H,9-10,12H2/b7-4-,17-13-/t18-/m0/s1. The van der Waals surface area contributed by atoms with Gasteiger partial charge >= 0.3 is 0 Å². The van der Waals surface area contributed by atoms with Crippen molar-refractivity contribution in [1.82, 2.24) is 0 Å². The molecule has 126 valence electrons. The fraction of sp³-hybridized carbons (Fsp3) is 0.200. The molecule has 3 nitrogen and oxygen atoms in total. The monoisotopic (exact) mass is 328 g/mol. The molecule has 0 bridgehead atoms. The van der Waals surface area contributed by atoms with Gasteiger partial charge in [0.15, 0.2) is 11.6 Å². The Morgan fingerprint density at radius 2 is 1.88 bits per heavy atom. The Bertz CT molecular complexity index is 708. The highest BCUT2D eigenvalue weighted by atomic mass is 19.1. The smallest absolute Gasteiger partial charge is 0.165 e. The van der Waals surface area contributed by atoms with Crippen LogP contribution >= 0.6 is 0 Å². The van der Waals surface area contributed by atoms with Gasteiger partial charge in [0.05, 0.1) is 12.7 Å². The van der Waals surface area contributed by atoms with Gasteiger partial charge in [-0.25, -0.2) is 4.39 Å². The largest absolute Gasteiger partial charge is 0.505 e. The van der Waals surface area contributed by atoms with Crippen LogP contribution in [0.4, 0.5) is 4.39 Å². The quantitative estimate of drug-likeness (QED) is 0.536. The van der Waals surface area contributed by atoms with E-state index < -0.39 is 11.9 Å². The van der Waals surface area contributed by atoms with Crippen LogP contribution in [0.25, 0.3) is 11.6 Å². The van der Waals surface area contributed by atoms with E-state index in [2.05, 4.69) is 0 Å². The Balaban J connectivity index is 2.24. The van der Waals surface area contributed by atoms with Crippen LogP contribution in [-0.4, -0.2) is 28.0 Å². The van der Waals surface area contributed by atoms with E-state index in [1.165, 1.54) is 18.2 Å². The summed E-state index contributed by atoms with van der Waals surface area (Å²) in [5, 5.41) is 27.9. The number of hydrogen-bond acceptors (Lipinski definition) is 3. The number of benzene rings is 2. The summed E-state index contributed by atoms with van der Waals surface area (Å²) in [6.07, 6.45) is 5.33. The molecule has 0 aliphatic heterocycles. The zero-order valence-corrected chi connectivity index (χ0v) is 13.3. The third-order valence-electron chi connectivity index (χ3n) is 3.63. The molecule has 0 saturated heterocycles. The third-order valence-corrected chi connectivity index (χ3v) is 3.63. The number of hydrogen-bond donors (Lipinski definition) is 3. The number of halogens is 1. The molecule has 24 heavy (non-hydrogen) atoms. The second kappa shape index (κ2) is 9.01. The molecule has 0 aromatic heterocycles. The summed E-state index contributed by atoms with van der Waals surface area (Å²) in [4.78, 5) is 0. The number of allylic oxidation sites excluding steroid dienone is 1. The number of aliphatic hydroxyl groups is 2. The molecule has 0 aliphatic carbocycles. The van der Waals surface area contributed by atoms with Crippen molar-refractivity contribution >= 4 is 11.6 Å². The van der Waals surface area contributed by atoms with Crippen molar-refractivity contribution in [2.45, 2.75) is 18.9 Å². The summed E-state index contributed by atoms with van der Waals surface area (Å²) < 4.78 is 13.5. The molecule has 0 fully saturated rings. The SMILES string of the molecule is OC/C=C\[C@H](O)CC/C(=C/c1ccc(O)c(F)c1)c1ccccc1. The van der Waals surface area contributed by atoms with E-state index in [0.717, 1.165) is 11.1 Å². The summed E-state index contributed by atoms with van der Waals surface area (Å²) in [6.45, 7) is -0.106. The van der Waals surface area contributed by atoms with Crippen LogP contribution in [0.15, 0.2) is 60.7 Å². The van der Waals surface area contributed by atoms with Crippen LogP contribution in [0.1, 0.15) is 24.0 Å². The summed E-state index contributed by atoms with van der Waals surface area (Å²) in [7, 11) is 0. The Morgan fingerprint density at radius 3 is 2.54 bits per heavy atom. The molecule has 0 heterocycles. The van der Waals surface area contributed by atoms with Gasteiger partial charge in [-0.1, -0.05) is 54.6 Å². The zero-order chi connectivity index (χ0) is 17.4. The van der Waals surface area contributed by atoms with Crippen molar-refractivity contribution in [3.05, 3.63) is 77.6 Å². The molecular formula is C20H21FO3. The van der Waals surface area contributed by atoms with Gasteiger partial charge in [-0.15, -0.1) is 0 Å². The summed E-state index contributed by atoms with van der Waals surface area (Å²) in [5.74, 6) is -1.04. The number of aromatic hydroxyl groups is 1. The minimum Gasteiger partial charge on any atom is -0.505 e. The Labute approximate surface area is 141 Å². The minimum atomic E-state index is -0.665. The van der Waals surface area contributed by atoms with Crippen molar-refractivity contribution in [3.63, 3.8) is 0 Å². The molecular weight excluding hydrogens is 307 g/mol. The van der Waals surface area contributed by atoms with Gasteiger partial charge < -0.3 is 15.3 Å². The number of phenolic OH excluding ortho intramolecular Hbond substituents is 1. The van der Waals surface area contributed by atoms with Gasteiger partial charge in [0.25, 0.3) is 0 Å². The lowest BCUT2D eigenvalue weighted by Crippen LogP contribution is -2.02. The molecule has 1 atom stereocenters. The first-order valence-corrected chi connectivity index (χ1v) is 7.80. The number of rotatable bonds is 7. The van der Waals surface area contributed by atoms with Gasteiger partial charge in [-0.2, -0.15) is 0 Å². The maximum Gasteiger partial charge on any atom is 0.165 e. The fourth-order valence-electron chi connectivity index (χ4n) is 2.38. The molecule has 0 amide bonds. The maximum atomic E-state index is 13.5. The molecule has 0 unspecified atom stereocenters. The van der Waals surface area contributed by atoms with Gasteiger partial charge in [0.2, 0.25) is 0 Å². The van der Waals surface area contributed by atoms with E-state index >= 15 is 0 Å². The van der Waals surface area contributed by atoms with Crippen LogP contribution in [0.3, 0.4) is 0 Å². The van der Waals surface area contributed by atoms with Gasteiger partial charge in [-0.3, -0.25) is 0 Å². The van der Waals surface area contributed by atoms with Crippen LogP contribution in [0.2, 0.25) is 0 Å².